The summed E-state index contributed by atoms with van der Waals surface area (Å²) in [6, 6.07) is 0. The van der Waals surface area contributed by atoms with Crippen LogP contribution in [0.25, 0.3) is 0 Å². The van der Waals surface area contributed by atoms with Crippen molar-refractivity contribution in [1.29, 1.82) is 0 Å². The monoisotopic (exact) mass is 310 g/mol. The van der Waals surface area contributed by atoms with Gasteiger partial charge in [-0.15, -0.1) is 0 Å². The van der Waals surface area contributed by atoms with Crippen LogP contribution in [0.1, 0.15) is 32.1 Å². The number of carboxylic acid groups (broad SMARTS) is 1. The molecule has 2 aliphatic carbocycles. The smallest absolute Gasteiger partial charge is 0.406 e. The Morgan fingerprint density at radius 2 is 1.95 bits per heavy atom. The third kappa shape index (κ3) is 6.76. The SMILES string of the molecule is C1=CC2(C=C1)CC2.COC(=O)NCCCCC(CN)C(=O)O. The Balaban J connectivity index is 0.000000279. The van der Waals surface area contributed by atoms with Crippen molar-refractivity contribution in [2.45, 2.75) is 32.1 Å². The molecule has 0 aromatic heterocycles. The average molecular weight is 310 g/mol. The minimum atomic E-state index is -0.863. The maximum absolute atomic E-state index is 10.6. The van der Waals surface area contributed by atoms with Gasteiger partial charge in [-0.3, -0.25) is 4.79 Å². The summed E-state index contributed by atoms with van der Waals surface area (Å²) in [4.78, 5) is 21.2. The summed E-state index contributed by atoms with van der Waals surface area (Å²) >= 11 is 0. The molecule has 1 fully saturated rings. The van der Waals surface area contributed by atoms with Crippen molar-refractivity contribution in [2.75, 3.05) is 20.2 Å². The van der Waals surface area contributed by atoms with Gasteiger partial charge in [-0.1, -0.05) is 30.7 Å². The number of unbranched alkanes of at least 4 members (excludes halogenated alkanes) is 1. The van der Waals surface area contributed by atoms with E-state index in [1.165, 1.54) is 20.0 Å². The van der Waals surface area contributed by atoms with E-state index >= 15 is 0 Å². The van der Waals surface area contributed by atoms with Crippen molar-refractivity contribution in [3.05, 3.63) is 24.3 Å². The van der Waals surface area contributed by atoms with Crippen molar-refractivity contribution >= 4 is 12.1 Å². The fourth-order valence-electron chi connectivity index (χ4n) is 2.15. The number of alkyl carbamates (subject to hydrolysis) is 1. The largest absolute Gasteiger partial charge is 0.481 e. The van der Waals surface area contributed by atoms with E-state index in [1.807, 2.05) is 0 Å². The van der Waals surface area contributed by atoms with Crippen LogP contribution in [0.3, 0.4) is 0 Å². The first-order valence-corrected chi connectivity index (χ1v) is 7.65. The van der Waals surface area contributed by atoms with E-state index in [4.69, 9.17) is 10.8 Å². The average Bonchev–Trinajstić information content (AvgIpc) is 3.10. The normalized spacial score (nSPS) is 17.5. The molecule has 6 nitrogen and oxygen atoms in total. The van der Waals surface area contributed by atoms with Gasteiger partial charge in [-0.2, -0.15) is 0 Å². The topological polar surface area (TPSA) is 102 Å². The number of nitrogens with one attached hydrogen (secondary N) is 1. The Morgan fingerprint density at radius 3 is 2.36 bits per heavy atom. The molecule has 1 spiro atoms. The molecule has 0 aliphatic heterocycles. The van der Waals surface area contributed by atoms with E-state index < -0.39 is 18.0 Å². The summed E-state index contributed by atoms with van der Waals surface area (Å²) in [5.74, 6) is -1.35. The van der Waals surface area contributed by atoms with Gasteiger partial charge in [0.2, 0.25) is 0 Å². The molecule has 0 saturated heterocycles. The van der Waals surface area contributed by atoms with Crippen LogP contribution in [0.2, 0.25) is 0 Å². The predicted octanol–water partition coefficient (Wildman–Crippen LogP) is 2.06. The zero-order valence-corrected chi connectivity index (χ0v) is 13.1. The van der Waals surface area contributed by atoms with E-state index in [0.29, 0.717) is 18.4 Å². The van der Waals surface area contributed by atoms with Crippen molar-refractivity contribution in [3.63, 3.8) is 0 Å². The van der Waals surface area contributed by atoms with Gasteiger partial charge in [0.25, 0.3) is 0 Å². The van der Waals surface area contributed by atoms with Crippen LogP contribution in [-0.2, 0) is 9.53 Å². The first-order valence-electron chi connectivity index (χ1n) is 7.65. The molecule has 1 atom stereocenters. The van der Waals surface area contributed by atoms with Crippen LogP contribution >= 0.6 is 0 Å². The standard InChI is InChI=1S/C9H18N2O4.C7H8/c1-15-9(14)11-5-3-2-4-7(6-10)8(12)13;1-2-4-7(3-1)5-6-7/h7H,2-6,10H2,1H3,(H,11,14)(H,12,13);1-4H,5-6H2. The number of hydrogen-bond donors (Lipinski definition) is 3. The first-order chi connectivity index (χ1) is 10.5. The third-order valence-electron chi connectivity index (χ3n) is 3.86. The van der Waals surface area contributed by atoms with E-state index in [2.05, 4.69) is 34.4 Å². The molecular formula is C16H26N2O4. The molecule has 1 unspecified atom stereocenters. The van der Waals surface area contributed by atoms with Crippen molar-refractivity contribution < 1.29 is 19.4 Å². The van der Waals surface area contributed by atoms with Gasteiger partial charge < -0.3 is 20.9 Å². The summed E-state index contributed by atoms with van der Waals surface area (Å²) in [5, 5.41) is 11.2. The second-order valence-electron chi connectivity index (χ2n) is 5.64. The summed E-state index contributed by atoms with van der Waals surface area (Å²) in [5.41, 5.74) is 5.87. The number of methoxy groups -OCH3 is 1. The maximum Gasteiger partial charge on any atom is 0.406 e. The fourth-order valence-corrected chi connectivity index (χ4v) is 2.15. The summed E-state index contributed by atoms with van der Waals surface area (Å²) in [7, 11) is 1.30. The summed E-state index contributed by atoms with van der Waals surface area (Å²) in [6.07, 6.45) is 13.2. The van der Waals surface area contributed by atoms with Gasteiger partial charge in [0.1, 0.15) is 0 Å². The quantitative estimate of drug-likeness (QED) is 0.625. The molecule has 0 heterocycles. The van der Waals surface area contributed by atoms with Gasteiger partial charge in [0.15, 0.2) is 0 Å². The van der Waals surface area contributed by atoms with E-state index in [0.717, 1.165) is 12.8 Å². The Kier molecular flexibility index (Phi) is 7.66. The summed E-state index contributed by atoms with van der Waals surface area (Å²) in [6.45, 7) is 0.642. The maximum atomic E-state index is 10.6. The Morgan fingerprint density at radius 1 is 1.32 bits per heavy atom. The predicted molar refractivity (Wildman–Crippen MR) is 84.4 cm³/mol. The highest BCUT2D eigenvalue weighted by Crippen LogP contribution is 2.50. The lowest BCUT2D eigenvalue weighted by molar-refractivity contribution is -0.141. The number of allylic oxidation sites excluding steroid dienone is 4. The summed E-state index contributed by atoms with van der Waals surface area (Å²) < 4.78 is 4.37. The van der Waals surface area contributed by atoms with Crippen molar-refractivity contribution in [2.24, 2.45) is 17.1 Å². The molecular weight excluding hydrogens is 284 g/mol. The number of aliphatic carboxylic acids is 1. The second kappa shape index (κ2) is 9.25. The Hall–Kier alpha value is -1.82. The highest BCUT2D eigenvalue weighted by atomic mass is 16.5. The second-order valence-corrected chi connectivity index (χ2v) is 5.64. The van der Waals surface area contributed by atoms with Crippen molar-refractivity contribution in [1.82, 2.24) is 5.32 Å². The molecule has 0 bridgehead atoms. The van der Waals surface area contributed by atoms with Crippen LogP contribution in [-0.4, -0.2) is 37.4 Å². The van der Waals surface area contributed by atoms with Gasteiger partial charge >= 0.3 is 12.1 Å². The van der Waals surface area contributed by atoms with Gasteiger partial charge in [-0.05, 0) is 25.7 Å². The lowest BCUT2D eigenvalue weighted by Crippen LogP contribution is -2.25. The third-order valence-corrected chi connectivity index (χ3v) is 3.86. The lowest BCUT2D eigenvalue weighted by atomic mass is 10.0. The number of hydrogen-bond acceptors (Lipinski definition) is 4. The molecule has 1 amide bonds. The van der Waals surface area contributed by atoms with E-state index in [9.17, 15) is 9.59 Å². The first kappa shape index (κ1) is 18.2. The zero-order valence-electron chi connectivity index (χ0n) is 13.1. The fraction of sp³-hybridized carbons (Fsp3) is 0.625. The molecule has 2 aliphatic rings. The van der Waals surface area contributed by atoms with Gasteiger partial charge in [0.05, 0.1) is 13.0 Å². The minimum absolute atomic E-state index is 0.153. The number of rotatable bonds is 7. The van der Waals surface area contributed by atoms with Crippen LogP contribution in [0.4, 0.5) is 4.79 Å². The number of nitrogens with two attached hydrogens (primary N) is 1. The number of carbonyl (C=O) groups is 2. The van der Waals surface area contributed by atoms with E-state index in [1.54, 1.807) is 0 Å². The number of amides is 1. The zero-order chi connectivity index (χ0) is 16.4. The molecule has 0 radical (unpaired) electrons. The highest BCUT2D eigenvalue weighted by Gasteiger charge is 2.38. The van der Waals surface area contributed by atoms with Gasteiger partial charge in [0, 0.05) is 18.5 Å². The molecule has 22 heavy (non-hydrogen) atoms. The van der Waals surface area contributed by atoms with Crippen molar-refractivity contribution in [3.8, 4) is 0 Å². The van der Waals surface area contributed by atoms with Crippen LogP contribution in [0, 0.1) is 11.3 Å². The molecule has 0 aromatic carbocycles. The highest BCUT2D eigenvalue weighted by molar-refractivity contribution is 5.70. The Bertz CT molecular complexity index is 414. The molecule has 1 saturated carbocycles. The molecule has 0 aromatic rings. The molecule has 124 valence electrons. The van der Waals surface area contributed by atoms with Gasteiger partial charge in [-0.25, -0.2) is 4.79 Å². The number of ether oxygens (including phenoxy) is 1. The van der Waals surface area contributed by atoms with Crippen LogP contribution < -0.4 is 11.1 Å². The Labute approximate surface area is 131 Å². The van der Waals surface area contributed by atoms with Crippen LogP contribution in [0.5, 0.6) is 0 Å². The molecule has 6 heteroatoms. The minimum Gasteiger partial charge on any atom is -0.481 e. The number of carboxylic acids is 1. The lowest BCUT2D eigenvalue weighted by Gasteiger charge is -2.09. The van der Waals surface area contributed by atoms with Crippen LogP contribution in [0.15, 0.2) is 24.3 Å². The van der Waals surface area contributed by atoms with E-state index in [-0.39, 0.29) is 6.54 Å². The molecule has 2 rings (SSSR count). The number of carbonyl (C=O) groups excluding carboxylic acids is 1. The molecule has 4 N–H and O–H groups in total.